The van der Waals surface area contributed by atoms with Crippen LogP contribution in [0.25, 0.3) is 0 Å². The second kappa shape index (κ2) is 6.94. The number of anilines is 1. The Kier molecular flexibility index (Phi) is 5.53. The molecule has 94 valence electrons. The summed E-state index contributed by atoms with van der Waals surface area (Å²) in [5, 5.41) is 3.08. The summed E-state index contributed by atoms with van der Waals surface area (Å²) < 4.78 is 0. The monoisotopic (exact) mass is 233 g/mol. The Balaban J connectivity index is 2.56. The molecule has 17 heavy (non-hydrogen) atoms. The van der Waals surface area contributed by atoms with Crippen LogP contribution in [-0.4, -0.2) is 12.0 Å². The van der Waals surface area contributed by atoms with E-state index in [0.717, 1.165) is 12.1 Å². The average molecular weight is 233 g/mol. The smallest absolute Gasteiger partial charge is 0.193 e. The van der Waals surface area contributed by atoms with Gasteiger partial charge in [-0.25, -0.2) is 0 Å². The average Bonchev–Trinajstić information content (AvgIpc) is 2.27. The zero-order chi connectivity index (χ0) is 12.7. The molecule has 1 aromatic rings. The van der Waals surface area contributed by atoms with Gasteiger partial charge in [-0.05, 0) is 44.4 Å². The molecule has 0 saturated heterocycles. The van der Waals surface area contributed by atoms with Crippen molar-refractivity contribution < 1.29 is 0 Å². The summed E-state index contributed by atoms with van der Waals surface area (Å²) in [6, 6.07) is 8.59. The van der Waals surface area contributed by atoms with Crippen molar-refractivity contribution in [3.63, 3.8) is 0 Å². The van der Waals surface area contributed by atoms with E-state index in [9.17, 15) is 0 Å². The van der Waals surface area contributed by atoms with Crippen LogP contribution in [0.1, 0.15) is 39.2 Å². The molecule has 1 aromatic carbocycles. The van der Waals surface area contributed by atoms with Gasteiger partial charge >= 0.3 is 0 Å². The summed E-state index contributed by atoms with van der Waals surface area (Å²) in [5.74, 6) is 0.473. The van der Waals surface area contributed by atoms with Crippen LogP contribution in [0, 0.1) is 0 Å². The molecule has 0 aromatic heterocycles. The van der Waals surface area contributed by atoms with Gasteiger partial charge in [0.15, 0.2) is 5.96 Å². The number of nitrogens with one attached hydrogen (secondary N) is 1. The molecule has 0 bridgehead atoms. The van der Waals surface area contributed by atoms with E-state index in [4.69, 9.17) is 5.73 Å². The summed E-state index contributed by atoms with van der Waals surface area (Å²) >= 11 is 0. The minimum Gasteiger partial charge on any atom is -0.370 e. The van der Waals surface area contributed by atoms with Crippen LogP contribution < -0.4 is 11.1 Å². The summed E-state index contributed by atoms with van der Waals surface area (Å²) in [4.78, 5) is 4.23. The van der Waals surface area contributed by atoms with Crippen LogP contribution in [0.2, 0.25) is 0 Å². The van der Waals surface area contributed by atoms with Crippen molar-refractivity contribution in [1.82, 2.24) is 0 Å². The number of aliphatic imine (C=N–C) groups is 1. The number of rotatable bonds is 5. The number of aryl methyl sites for hydroxylation is 1. The molecule has 0 amide bonds. The lowest BCUT2D eigenvalue weighted by molar-refractivity contribution is 0.795. The quantitative estimate of drug-likeness (QED) is 0.606. The third-order valence-corrected chi connectivity index (χ3v) is 2.44. The van der Waals surface area contributed by atoms with Crippen LogP contribution in [0.4, 0.5) is 5.69 Å². The zero-order valence-corrected chi connectivity index (χ0v) is 11.0. The first-order chi connectivity index (χ1) is 8.11. The topological polar surface area (TPSA) is 50.4 Å². The van der Waals surface area contributed by atoms with Crippen LogP contribution >= 0.6 is 0 Å². The van der Waals surface area contributed by atoms with Crippen LogP contribution in [-0.2, 0) is 6.42 Å². The summed E-state index contributed by atoms with van der Waals surface area (Å²) in [6.45, 7) is 6.21. The maximum absolute atomic E-state index is 5.76. The molecule has 0 unspecified atom stereocenters. The number of hydrogen-bond acceptors (Lipinski definition) is 1. The first-order valence-corrected chi connectivity index (χ1v) is 6.31. The van der Waals surface area contributed by atoms with Crippen molar-refractivity contribution in [3.05, 3.63) is 29.8 Å². The largest absolute Gasteiger partial charge is 0.370 e. The highest BCUT2D eigenvalue weighted by Gasteiger charge is 1.97. The second-order valence-corrected chi connectivity index (χ2v) is 4.53. The molecule has 0 aliphatic carbocycles. The Hall–Kier alpha value is -1.51. The lowest BCUT2D eigenvalue weighted by atomic mass is 10.1. The Bertz CT molecular complexity index is 352. The molecule has 0 fully saturated rings. The predicted octanol–water partition coefficient (Wildman–Crippen LogP) is 3.16. The molecule has 3 N–H and O–H groups in total. The van der Waals surface area contributed by atoms with Crippen molar-refractivity contribution in [3.8, 4) is 0 Å². The van der Waals surface area contributed by atoms with Gasteiger partial charge < -0.3 is 11.1 Å². The van der Waals surface area contributed by atoms with Gasteiger partial charge in [0.2, 0.25) is 0 Å². The second-order valence-electron chi connectivity index (χ2n) is 4.53. The standard InChI is InChI=1S/C14H23N3/c1-4-5-6-12-7-9-13(10-8-12)17-14(15)16-11(2)3/h7-11H,4-6H2,1-3H3,(H3,15,16,17). The highest BCUT2D eigenvalue weighted by molar-refractivity contribution is 5.92. The fourth-order valence-corrected chi connectivity index (χ4v) is 1.59. The highest BCUT2D eigenvalue weighted by Crippen LogP contribution is 2.11. The Morgan fingerprint density at radius 1 is 1.29 bits per heavy atom. The Labute approximate surface area is 104 Å². The molecule has 1 rings (SSSR count). The molecular weight excluding hydrogens is 210 g/mol. The molecule has 0 heterocycles. The van der Waals surface area contributed by atoms with Gasteiger partial charge in [-0.15, -0.1) is 0 Å². The molecule has 0 spiro atoms. The third kappa shape index (κ3) is 5.38. The van der Waals surface area contributed by atoms with Gasteiger partial charge in [0.1, 0.15) is 0 Å². The highest BCUT2D eigenvalue weighted by atomic mass is 15.1. The lowest BCUT2D eigenvalue weighted by Gasteiger charge is -2.07. The van der Waals surface area contributed by atoms with Gasteiger partial charge in [0.05, 0.1) is 0 Å². The molecule has 0 radical (unpaired) electrons. The first kappa shape index (κ1) is 13.6. The van der Waals surface area contributed by atoms with E-state index in [1.807, 2.05) is 26.0 Å². The van der Waals surface area contributed by atoms with Crippen LogP contribution in [0.3, 0.4) is 0 Å². The number of nitrogens with zero attached hydrogens (tertiary/aromatic N) is 1. The number of benzene rings is 1. The minimum atomic E-state index is 0.214. The number of guanidine groups is 1. The van der Waals surface area contributed by atoms with Gasteiger partial charge in [0.25, 0.3) is 0 Å². The molecule has 0 atom stereocenters. The van der Waals surface area contributed by atoms with Gasteiger partial charge in [0, 0.05) is 11.7 Å². The summed E-state index contributed by atoms with van der Waals surface area (Å²) in [7, 11) is 0. The van der Waals surface area contributed by atoms with Crippen molar-refractivity contribution in [2.45, 2.75) is 46.1 Å². The van der Waals surface area contributed by atoms with Crippen molar-refractivity contribution >= 4 is 11.6 Å². The molecule has 0 aliphatic rings. The van der Waals surface area contributed by atoms with Gasteiger partial charge in [-0.3, -0.25) is 4.99 Å². The molecule has 3 heteroatoms. The SMILES string of the molecule is CCCCc1ccc(NC(N)=NC(C)C)cc1. The van der Waals surface area contributed by atoms with Crippen LogP contribution in [0.5, 0.6) is 0 Å². The first-order valence-electron chi connectivity index (χ1n) is 6.31. The molecule has 0 aliphatic heterocycles. The van der Waals surface area contributed by atoms with Gasteiger partial charge in [-0.1, -0.05) is 25.5 Å². The summed E-state index contributed by atoms with van der Waals surface area (Å²) in [5.41, 5.74) is 8.13. The third-order valence-electron chi connectivity index (χ3n) is 2.44. The van der Waals surface area contributed by atoms with Crippen molar-refractivity contribution in [1.29, 1.82) is 0 Å². The fourth-order valence-electron chi connectivity index (χ4n) is 1.59. The summed E-state index contributed by atoms with van der Waals surface area (Å²) in [6.07, 6.45) is 3.62. The maximum Gasteiger partial charge on any atom is 0.193 e. The zero-order valence-electron chi connectivity index (χ0n) is 11.0. The normalized spacial score (nSPS) is 11.9. The van der Waals surface area contributed by atoms with Crippen molar-refractivity contribution in [2.24, 2.45) is 10.7 Å². The van der Waals surface area contributed by atoms with E-state index in [2.05, 4.69) is 29.4 Å². The van der Waals surface area contributed by atoms with E-state index in [1.165, 1.54) is 18.4 Å². The fraction of sp³-hybridized carbons (Fsp3) is 0.500. The van der Waals surface area contributed by atoms with Gasteiger partial charge in [-0.2, -0.15) is 0 Å². The number of unbranched alkanes of at least 4 members (excludes halogenated alkanes) is 1. The van der Waals surface area contributed by atoms with Crippen LogP contribution in [0.15, 0.2) is 29.3 Å². The molecular formula is C14H23N3. The minimum absolute atomic E-state index is 0.214. The van der Waals surface area contributed by atoms with E-state index >= 15 is 0 Å². The Morgan fingerprint density at radius 2 is 1.94 bits per heavy atom. The van der Waals surface area contributed by atoms with E-state index in [-0.39, 0.29) is 6.04 Å². The van der Waals surface area contributed by atoms with E-state index < -0.39 is 0 Å². The maximum atomic E-state index is 5.76. The number of nitrogens with two attached hydrogens (primary N) is 1. The molecule has 0 saturated carbocycles. The molecule has 3 nitrogen and oxygen atoms in total. The Morgan fingerprint density at radius 3 is 2.47 bits per heavy atom. The number of hydrogen-bond donors (Lipinski definition) is 2. The lowest BCUT2D eigenvalue weighted by Crippen LogP contribution is -2.23. The predicted molar refractivity (Wildman–Crippen MR) is 75.4 cm³/mol. The van der Waals surface area contributed by atoms with E-state index in [0.29, 0.717) is 5.96 Å². The van der Waals surface area contributed by atoms with Crippen molar-refractivity contribution in [2.75, 3.05) is 5.32 Å². The van der Waals surface area contributed by atoms with E-state index in [1.54, 1.807) is 0 Å².